The molecule has 0 aliphatic heterocycles. The van der Waals surface area contributed by atoms with Gasteiger partial charge in [-0.25, -0.2) is 4.98 Å². The summed E-state index contributed by atoms with van der Waals surface area (Å²) in [5.74, 6) is -0.0143. The van der Waals surface area contributed by atoms with Crippen LogP contribution < -0.4 is 5.73 Å². The highest BCUT2D eigenvalue weighted by molar-refractivity contribution is 8.02. The van der Waals surface area contributed by atoms with Crippen molar-refractivity contribution in [3.05, 3.63) is 23.9 Å². The quantitative estimate of drug-likeness (QED) is 0.292. The molecule has 3 N–H and O–H groups in total. The van der Waals surface area contributed by atoms with E-state index in [-0.39, 0.29) is 5.84 Å². The number of nitrogens with two attached hydrogens (primary N) is 1. The average Bonchev–Trinajstić information content (AvgIpc) is 2.86. The van der Waals surface area contributed by atoms with Crippen LogP contribution in [0.2, 0.25) is 0 Å². The molecule has 0 fully saturated rings. The Balaban J connectivity index is 2.19. The van der Waals surface area contributed by atoms with Crippen molar-refractivity contribution in [2.75, 3.05) is 6.26 Å². The number of nitrogens with zero attached hydrogens (tertiary/aromatic N) is 4. The van der Waals surface area contributed by atoms with Crippen molar-refractivity contribution in [1.29, 1.82) is 0 Å². The van der Waals surface area contributed by atoms with Crippen molar-refractivity contribution < 1.29 is 5.21 Å². The minimum absolute atomic E-state index is 0.0143. The summed E-state index contributed by atoms with van der Waals surface area (Å²) in [4.78, 5) is 4.25. The summed E-state index contributed by atoms with van der Waals surface area (Å²) in [7, 11) is 0. The molecule has 9 heteroatoms. The molecule has 0 atom stereocenters. The molecular formula is C9H9N5OS3. The van der Waals surface area contributed by atoms with E-state index in [1.165, 1.54) is 23.1 Å². The van der Waals surface area contributed by atoms with Crippen LogP contribution >= 0.6 is 34.9 Å². The Bertz CT molecular complexity index is 571. The highest BCUT2D eigenvalue weighted by Crippen LogP contribution is 2.31. The van der Waals surface area contributed by atoms with Gasteiger partial charge in [0.2, 0.25) is 0 Å². The lowest BCUT2D eigenvalue weighted by Gasteiger charge is -2.00. The predicted octanol–water partition coefficient (Wildman–Crippen LogP) is 1.90. The number of pyridine rings is 1. The second-order valence-corrected chi connectivity index (χ2v) is 6.28. The third-order valence-corrected chi connectivity index (χ3v) is 4.73. The molecule has 0 aromatic carbocycles. The molecular weight excluding hydrogens is 290 g/mol. The largest absolute Gasteiger partial charge is 0.409 e. The summed E-state index contributed by atoms with van der Waals surface area (Å²) >= 11 is 4.45. The summed E-state index contributed by atoms with van der Waals surface area (Å²) in [6, 6.07) is 5.30. The van der Waals surface area contributed by atoms with Gasteiger partial charge in [0.25, 0.3) is 0 Å². The van der Waals surface area contributed by atoms with E-state index < -0.39 is 0 Å². The molecule has 18 heavy (non-hydrogen) atoms. The zero-order valence-electron chi connectivity index (χ0n) is 9.27. The molecule has 2 aromatic rings. The first-order valence-corrected chi connectivity index (χ1v) is 7.59. The van der Waals surface area contributed by atoms with Gasteiger partial charge in [0.1, 0.15) is 10.7 Å². The smallest absolute Gasteiger partial charge is 0.188 e. The lowest BCUT2D eigenvalue weighted by molar-refractivity contribution is 0.318. The fourth-order valence-corrected chi connectivity index (χ4v) is 3.45. The number of amidine groups is 1. The molecule has 2 aromatic heterocycles. The van der Waals surface area contributed by atoms with Gasteiger partial charge < -0.3 is 10.9 Å². The monoisotopic (exact) mass is 299 g/mol. The lowest BCUT2D eigenvalue weighted by atomic mass is 10.3. The van der Waals surface area contributed by atoms with Crippen molar-refractivity contribution in [1.82, 2.24) is 15.2 Å². The summed E-state index contributed by atoms with van der Waals surface area (Å²) in [5.41, 5.74) is 5.91. The van der Waals surface area contributed by atoms with E-state index in [0.29, 0.717) is 5.69 Å². The molecule has 0 bridgehead atoms. The molecule has 0 aliphatic rings. The van der Waals surface area contributed by atoms with Crippen LogP contribution in [0.1, 0.15) is 5.69 Å². The highest BCUT2D eigenvalue weighted by atomic mass is 32.2. The van der Waals surface area contributed by atoms with E-state index in [1.807, 2.05) is 12.3 Å². The third kappa shape index (κ3) is 3.12. The normalized spacial score (nSPS) is 11.7. The molecule has 2 rings (SSSR count). The maximum atomic E-state index is 8.60. The summed E-state index contributed by atoms with van der Waals surface area (Å²) < 4.78 is 1.72. The standard InChI is InChI=1S/C9H9N5OS3/c1-16-8-12-13-9(18-8)17-6-4-2-3-5(11-6)7(10)14-15/h2-4,15H,1H3,(H2,10,14). The minimum atomic E-state index is -0.0143. The lowest BCUT2D eigenvalue weighted by Crippen LogP contribution is -2.14. The molecule has 0 aliphatic carbocycles. The molecule has 0 saturated heterocycles. The Hall–Kier alpha value is -1.32. The number of hydrogen-bond donors (Lipinski definition) is 2. The first-order chi connectivity index (χ1) is 8.72. The second-order valence-electron chi connectivity index (χ2n) is 2.99. The Kier molecular flexibility index (Phi) is 4.39. The fraction of sp³-hybridized carbons (Fsp3) is 0.111. The molecule has 0 radical (unpaired) electrons. The van der Waals surface area contributed by atoms with Gasteiger partial charge in [-0.2, -0.15) is 0 Å². The van der Waals surface area contributed by atoms with Gasteiger partial charge in [-0.3, -0.25) is 0 Å². The Labute approximate surface area is 116 Å². The summed E-state index contributed by atoms with van der Waals surface area (Å²) in [5, 5.41) is 20.3. The average molecular weight is 299 g/mol. The van der Waals surface area contributed by atoms with Gasteiger partial charge >= 0.3 is 0 Å². The number of oxime groups is 1. The van der Waals surface area contributed by atoms with Gasteiger partial charge in [-0.05, 0) is 30.2 Å². The number of hydrogen-bond acceptors (Lipinski definition) is 8. The Morgan fingerprint density at radius 2 is 2.17 bits per heavy atom. The first-order valence-electron chi connectivity index (χ1n) is 4.73. The SMILES string of the molecule is CSc1nnc(Sc2cccc(/C(N)=N/O)n2)s1. The van der Waals surface area contributed by atoms with Crippen LogP contribution in [0.3, 0.4) is 0 Å². The zero-order valence-corrected chi connectivity index (χ0v) is 11.7. The molecule has 6 nitrogen and oxygen atoms in total. The van der Waals surface area contributed by atoms with E-state index >= 15 is 0 Å². The second kappa shape index (κ2) is 6.03. The zero-order chi connectivity index (χ0) is 13.0. The van der Waals surface area contributed by atoms with E-state index in [9.17, 15) is 0 Å². The van der Waals surface area contributed by atoms with Gasteiger partial charge in [0.15, 0.2) is 14.5 Å². The molecule has 94 valence electrons. The van der Waals surface area contributed by atoms with Gasteiger partial charge in [-0.15, -0.1) is 10.2 Å². The maximum Gasteiger partial charge on any atom is 0.188 e. The topological polar surface area (TPSA) is 97.3 Å². The van der Waals surface area contributed by atoms with E-state index in [2.05, 4.69) is 20.3 Å². The third-order valence-electron chi connectivity index (χ3n) is 1.85. The maximum absolute atomic E-state index is 8.60. The van der Waals surface area contributed by atoms with E-state index in [4.69, 9.17) is 10.9 Å². The van der Waals surface area contributed by atoms with Gasteiger partial charge in [0.05, 0.1) is 0 Å². The van der Waals surface area contributed by atoms with E-state index in [0.717, 1.165) is 13.7 Å². The highest BCUT2D eigenvalue weighted by Gasteiger charge is 2.08. The molecule has 0 saturated carbocycles. The predicted molar refractivity (Wildman–Crippen MR) is 72.6 cm³/mol. The van der Waals surface area contributed by atoms with Crippen LogP contribution in [0.5, 0.6) is 0 Å². The van der Waals surface area contributed by atoms with Crippen LogP contribution in [0.4, 0.5) is 0 Å². The number of aromatic nitrogens is 3. The van der Waals surface area contributed by atoms with Crippen molar-refractivity contribution in [2.45, 2.75) is 13.7 Å². The molecule has 0 spiro atoms. The van der Waals surface area contributed by atoms with Gasteiger partial charge in [0, 0.05) is 0 Å². The summed E-state index contributed by atoms with van der Waals surface area (Å²) in [6.07, 6.45) is 1.95. The van der Waals surface area contributed by atoms with Gasteiger partial charge in [-0.1, -0.05) is 34.3 Å². The summed E-state index contributed by atoms with van der Waals surface area (Å²) in [6.45, 7) is 0. The fourth-order valence-electron chi connectivity index (χ4n) is 1.08. The molecule has 0 amide bonds. The number of rotatable bonds is 4. The molecule has 2 heterocycles. The van der Waals surface area contributed by atoms with E-state index in [1.54, 1.807) is 23.9 Å². The first kappa shape index (κ1) is 13.1. The number of thioether (sulfide) groups is 1. The Morgan fingerprint density at radius 1 is 1.39 bits per heavy atom. The molecule has 0 unspecified atom stereocenters. The van der Waals surface area contributed by atoms with Crippen molar-refractivity contribution in [2.24, 2.45) is 10.9 Å². The van der Waals surface area contributed by atoms with Crippen LogP contribution in [-0.4, -0.2) is 32.5 Å². The van der Waals surface area contributed by atoms with Crippen LogP contribution in [0, 0.1) is 0 Å². The minimum Gasteiger partial charge on any atom is -0.409 e. The van der Waals surface area contributed by atoms with Crippen LogP contribution in [-0.2, 0) is 0 Å². The Morgan fingerprint density at radius 3 is 2.83 bits per heavy atom. The van der Waals surface area contributed by atoms with Crippen molar-refractivity contribution in [3.63, 3.8) is 0 Å². The van der Waals surface area contributed by atoms with Crippen LogP contribution in [0.15, 0.2) is 37.1 Å². The van der Waals surface area contributed by atoms with Crippen LogP contribution in [0.25, 0.3) is 0 Å². The van der Waals surface area contributed by atoms with Crippen molar-refractivity contribution in [3.8, 4) is 0 Å². The van der Waals surface area contributed by atoms with Crippen molar-refractivity contribution >= 4 is 40.7 Å².